The van der Waals surface area contributed by atoms with Crippen LogP contribution in [0.25, 0.3) is 0 Å². The quantitative estimate of drug-likeness (QED) is 0.289. The van der Waals surface area contributed by atoms with E-state index in [1.165, 1.54) is 63.4 Å². The Balaban J connectivity index is 0.00000529. The fourth-order valence-corrected chi connectivity index (χ4v) is 3.55. The first-order chi connectivity index (χ1) is 11.1. The van der Waals surface area contributed by atoms with Crippen LogP contribution in [0.5, 0.6) is 0 Å². The zero-order valence-electron chi connectivity index (χ0n) is 15.2. The summed E-state index contributed by atoms with van der Waals surface area (Å²) in [6, 6.07) is 6.95. The third-order valence-corrected chi connectivity index (χ3v) is 5.86. The molecule has 0 unspecified atom stereocenters. The number of sulfonamides is 1. The van der Waals surface area contributed by atoms with Crippen molar-refractivity contribution in [1.82, 2.24) is 4.24 Å². The van der Waals surface area contributed by atoms with Gasteiger partial charge in [-0.3, -0.25) is 0 Å². The first-order valence-corrected chi connectivity index (χ1v) is 10.7. The van der Waals surface area contributed by atoms with Gasteiger partial charge in [-0.1, -0.05) is 76.8 Å². The van der Waals surface area contributed by atoms with Gasteiger partial charge in [0.15, 0.2) is 0 Å². The Morgan fingerprint density at radius 1 is 0.833 bits per heavy atom. The largest absolute Gasteiger partial charge is 0.253 e. The summed E-state index contributed by atoms with van der Waals surface area (Å²) >= 11 is 5.21. The number of hydrogen-bond acceptors (Lipinski definition) is 2. The standard InChI is InChI=1S/C18H30ClNO2S.Na/c1-2-3-4-5-6-7-8-9-10-11-12-17-13-15-18(16-14-17)23(21,22)20-19;/h13-16,20H,2-12H2,1H3;. The molecule has 24 heavy (non-hydrogen) atoms. The zero-order valence-corrected chi connectivity index (χ0v) is 18.8. The summed E-state index contributed by atoms with van der Waals surface area (Å²) in [7, 11) is -3.54. The minimum atomic E-state index is -3.54. The Kier molecular flexibility index (Phi) is 14.8. The molecule has 0 bridgehead atoms. The number of rotatable bonds is 13. The van der Waals surface area contributed by atoms with Gasteiger partial charge in [0.25, 0.3) is 10.0 Å². The van der Waals surface area contributed by atoms with E-state index in [0.717, 1.165) is 12.8 Å². The van der Waals surface area contributed by atoms with E-state index < -0.39 is 10.0 Å². The molecule has 1 aromatic rings. The SMILES string of the molecule is CCCCCCCCCCCCc1ccc(S(=O)(=O)NCl)cc1.[Na]. The van der Waals surface area contributed by atoms with E-state index in [4.69, 9.17) is 11.8 Å². The van der Waals surface area contributed by atoms with E-state index in [2.05, 4.69) is 6.92 Å². The second kappa shape index (κ2) is 14.6. The predicted molar refractivity (Wildman–Crippen MR) is 104 cm³/mol. The van der Waals surface area contributed by atoms with Crippen molar-refractivity contribution in [3.05, 3.63) is 29.8 Å². The van der Waals surface area contributed by atoms with E-state index >= 15 is 0 Å². The van der Waals surface area contributed by atoms with Crippen molar-refractivity contribution in [1.29, 1.82) is 0 Å². The first-order valence-electron chi connectivity index (χ1n) is 8.81. The molecule has 0 spiro atoms. The normalized spacial score (nSPS) is 11.2. The maximum Gasteiger partial charge on any atom is 0.253 e. The molecule has 3 nitrogen and oxygen atoms in total. The Hall–Kier alpha value is 0.420. The van der Waals surface area contributed by atoms with Crippen molar-refractivity contribution < 1.29 is 8.42 Å². The maximum atomic E-state index is 11.5. The third-order valence-electron chi connectivity index (χ3n) is 4.15. The summed E-state index contributed by atoms with van der Waals surface area (Å²) in [6.07, 6.45) is 14.3. The molecule has 0 aliphatic heterocycles. The smallest absolute Gasteiger partial charge is 0.206 e. The molecule has 6 heteroatoms. The molecular weight excluding hydrogens is 353 g/mol. The molecule has 1 radical (unpaired) electrons. The first kappa shape index (κ1) is 24.4. The summed E-state index contributed by atoms with van der Waals surface area (Å²) in [5, 5.41) is 0. The van der Waals surface area contributed by atoms with Gasteiger partial charge in [0.2, 0.25) is 0 Å². The Bertz CT molecular complexity index is 520. The van der Waals surface area contributed by atoms with E-state index in [1.807, 2.05) is 16.4 Å². The topological polar surface area (TPSA) is 46.2 Å². The molecule has 1 N–H and O–H groups in total. The van der Waals surface area contributed by atoms with Gasteiger partial charge in [-0.05, 0) is 42.3 Å². The van der Waals surface area contributed by atoms with Gasteiger partial charge in [0, 0.05) is 29.6 Å². The van der Waals surface area contributed by atoms with Crippen molar-refractivity contribution >= 4 is 51.4 Å². The van der Waals surface area contributed by atoms with Crippen LogP contribution in [0.3, 0.4) is 0 Å². The zero-order chi connectivity index (χ0) is 17.0. The van der Waals surface area contributed by atoms with Gasteiger partial charge in [-0.15, -0.1) is 4.24 Å². The van der Waals surface area contributed by atoms with Crippen LogP contribution in [0.1, 0.15) is 76.7 Å². The van der Waals surface area contributed by atoms with E-state index in [1.54, 1.807) is 12.1 Å². The van der Waals surface area contributed by atoms with Crippen molar-refractivity contribution in [2.45, 2.75) is 82.4 Å². The van der Waals surface area contributed by atoms with Crippen LogP contribution in [0.2, 0.25) is 0 Å². The molecule has 0 aliphatic rings. The molecule has 133 valence electrons. The third kappa shape index (κ3) is 10.4. The summed E-state index contributed by atoms with van der Waals surface area (Å²) in [5.74, 6) is 0. The predicted octanol–water partition coefficient (Wildman–Crippen LogP) is 5.20. The monoisotopic (exact) mass is 382 g/mol. The second-order valence-corrected chi connectivity index (χ2v) is 8.25. The number of nitrogens with one attached hydrogen (secondary N) is 1. The molecule has 0 aromatic heterocycles. The number of aryl methyl sites for hydroxylation is 1. The molecule has 0 heterocycles. The van der Waals surface area contributed by atoms with Gasteiger partial charge < -0.3 is 0 Å². The van der Waals surface area contributed by atoms with Crippen LogP contribution >= 0.6 is 11.8 Å². The van der Waals surface area contributed by atoms with Crippen LogP contribution in [0, 0.1) is 0 Å². The fourth-order valence-electron chi connectivity index (χ4n) is 2.70. The summed E-state index contributed by atoms with van der Waals surface area (Å²) in [4.78, 5) is 0.208. The van der Waals surface area contributed by atoms with Gasteiger partial charge in [-0.25, -0.2) is 8.42 Å². The van der Waals surface area contributed by atoms with Crippen LogP contribution in [0.15, 0.2) is 29.2 Å². The minimum Gasteiger partial charge on any atom is -0.206 e. The molecule has 0 saturated heterocycles. The van der Waals surface area contributed by atoms with Crippen molar-refractivity contribution in [2.75, 3.05) is 0 Å². The second-order valence-electron chi connectivity index (χ2n) is 6.16. The Labute approximate surface area is 175 Å². The molecule has 1 rings (SSSR count). The molecule has 0 aliphatic carbocycles. The van der Waals surface area contributed by atoms with E-state index in [-0.39, 0.29) is 34.5 Å². The minimum absolute atomic E-state index is 0. The average Bonchev–Trinajstić information content (AvgIpc) is 2.57. The van der Waals surface area contributed by atoms with Gasteiger partial charge in [-0.2, -0.15) is 0 Å². The van der Waals surface area contributed by atoms with Crippen molar-refractivity contribution in [3.8, 4) is 0 Å². The molecule has 0 atom stereocenters. The van der Waals surface area contributed by atoms with Crippen molar-refractivity contribution in [3.63, 3.8) is 0 Å². The van der Waals surface area contributed by atoms with Gasteiger partial charge in [0.1, 0.15) is 0 Å². The Morgan fingerprint density at radius 2 is 1.29 bits per heavy atom. The summed E-state index contributed by atoms with van der Waals surface area (Å²) in [5.41, 5.74) is 1.18. The number of hydrogen-bond donors (Lipinski definition) is 1. The average molecular weight is 383 g/mol. The molecule has 1 aromatic carbocycles. The van der Waals surface area contributed by atoms with Crippen LogP contribution in [0.4, 0.5) is 0 Å². The van der Waals surface area contributed by atoms with Gasteiger partial charge >= 0.3 is 0 Å². The summed E-state index contributed by atoms with van der Waals surface area (Å²) < 4.78 is 24.8. The number of unbranched alkanes of at least 4 members (excludes halogenated alkanes) is 9. The van der Waals surface area contributed by atoms with Gasteiger partial charge in [0.05, 0.1) is 4.90 Å². The van der Waals surface area contributed by atoms with E-state index in [0.29, 0.717) is 0 Å². The molecular formula is C18H30ClNNaO2S. The van der Waals surface area contributed by atoms with Crippen LogP contribution in [-0.4, -0.2) is 38.0 Å². The molecule has 0 amide bonds. The van der Waals surface area contributed by atoms with Crippen LogP contribution < -0.4 is 4.24 Å². The summed E-state index contributed by atoms with van der Waals surface area (Å²) in [6.45, 7) is 2.25. The van der Waals surface area contributed by atoms with E-state index in [9.17, 15) is 8.42 Å². The molecule has 0 saturated carbocycles. The fraction of sp³-hybridized carbons (Fsp3) is 0.667. The Morgan fingerprint density at radius 3 is 1.75 bits per heavy atom. The molecule has 0 fully saturated rings. The van der Waals surface area contributed by atoms with Crippen molar-refractivity contribution in [2.24, 2.45) is 0 Å². The van der Waals surface area contributed by atoms with Crippen LogP contribution in [-0.2, 0) is 16.4 Å². The number of benzene rings is 1. The maximum absolute atomic E-state index is 11.5. The number of halogens is 1.